The van der Waals surface area contributed by atoms with Crippen LogP contribution in [-0.2, 0) is 11.0 Å². The first-order valence-corrected chi connectivity index (χ1v) is 8.00. The molecule has 112 valence electrons. The normalized spacial score (nSPS) is 11.2. The molecule has 0 unspecified atom stereocenters. The van der Waals surface area contributed by atoms with Crippen molar-refractivity contribution in [3.05, 3.63) is 59.7 Å². The monoisotopic (exact) mass is 308 g/mol. The van der Waals surface area contributed by atoms with Gasteiger partial charge in [0.1, 0.15) is 11.5 Å². The summed E-state index contributed by atoms with van der Waals surface area (Å²) < 4.78 is 21.4. The van der Waals surface area contributed by atoms with Crippen molar-refractivity contribution in [1.82, 2.24) is 0 Å². The lowest BCUT2D eigenvalue weighted by Gasteiger charge is -2.14. The van der Waals surface area contributed by atoms with Crippen LogP contribution >= 0.6 is 7.82 Å². The van der Waals surface area contributed by atoms with E-state index < -0.39 is 7.82 Å². The molecule has 0 aliphatic carbocycles. The molecule has 0 fully saturated rings. The van der Waals surface area contributed by atoms with Gasteiger partial charge >= 0.3 is 7.82 Å². The van der Waals surface area contributed by atoms with Gasteiger partial charge in [-0.15, -0.1) is 0 Å². The van der Waals surface area contributed by atoms with Crippen LogP contribution in [0.15, 0.2) is 48.5 Å². The molecule has 2 N–H and O–H groups in total. The van der Waals surface area contributed by atoms with Crippen LogP contribution in [0.4, 0.5) is 0 Å². The second-order valence-corrected chi connectivity index (χ2v) is 5.72. The summed E-state index contributed by atoms with van der Waals surface area (Å²) in [6, 6.07) is 14.7. The molecule has 0 aromatic heterocycles. The van der Waals surface area contributed by atoms with E-state index in [-0.39, 0.29) is 5.75 Å². The number of phosphoric ester groups is 1. The van der Waals surface area contributed by atoms with E-state index in [0.717, 1.165) is 5.75 Å². The van der Waals surface area contributed by atoms with Gasteiger partial charge in [-0.25, -0.2) is 4.57 Å². The Bertz CT molecular complexity index is 636. The average Bonchev–Trinajstić information content (AvgIpc) is 2.42. The van der Waals surface area contributed by atoms with Gasteiger partial charge in [0.2, 0.25) is 0 Å². The van der Waals surface area contributed by atoms with E-state index >= 15 is 0 Å². The second kappa shape index (κ2) is 6.76. The molecule has 0 spiro atoms. The number of benzene rings is 2. The largest absolute Gasteiger partial charge is 0.524 e. The molecule has 2 aromatic carbocycles. The lowest BCUT2D eigenvalue weighted by molar-refractivity contribution is 0.279. The molecule has 0 saturated carbocycles. The van der Waals surface area contributed by atoms with Crippen LogP contribution in [0, 0.1) is 6.92 Å². The van der Waals surface area contributed by atoms with E-state index in [1.54, 1.807) is 19.1 Å². The van der Waals surface area contributed by atoms with Gasteiger partial charge in [-0.1, -0.05) is 36.4 Å². The molecule has 0 aliphatic rings. The third-order valence-electron chi connectivity index (χ3n) is 2.89. The van der Waals surface area contributed by atoms with E-state index in [0.29, 0.717) is 24.2 Å². The summed E-state index contributed by atoms with van der Waals surface area (Å²) in [6.07, 6.45) is 0.492. The molecule has 0 heterocycles. The van der Waals surface area contributed by atoms with Crippen molar-refractivity contribution in [3.63, 3.8) is 0 Å². The van der Waals surface area contributed by atoms with E-state index in [1.165, 1.54) is 0 Å². The molecule has 0 atom stereocenters. The fraction of sp³-hybridized carbons (Fsp3) is 0.200. The molecule has 0 bridgehead atoms. The summed E-state index contributed by atoms with van der Waals surface area (Å²) in [5.41, 5.74) is 1.38. The molecule has 2 rings (SSSR count). The van der Waals surface area contributed by atoms with Gasteiger partial charge in [-0.05, 0) is 30.2 Å². The Morgan fingerprint density at radius 1 is 1.05 bits per heavy atom. The number of rotatable bonds is 6. The van der Waals surface area contributed by atoms with Crippen molar-refractivity contribution in [1.29, 1.82) is 0 Å². The second-order valence-electron chi connectivity index (χ2n) is 4.56. The Morgan fingerprint density at radius 3 is 2.43 bits per heavy atom. The highest BCUT2D eigenvalue weighted by molar-refractivity contribution is 7.46. The van der Waals surface area contributed by atoms with Crippen LogP contribution in [0.25, 0.3) is 0 Å². The van der Waals surface area contributed by atoms with Gasteiger partial charge in [0.05, 0.1) is 6.61 Å². The third kappa shape index (κ3) is 4.90. The molecule has 0 amide bonds. The fourth-order valence-electron chi connectivity index (χ4n) is 1.96. The Kier molecular flexibility index (Phi) is 5.02. The highest BCUT2D eigenvalue weighted by Gasteiger charge is 2.19. The highest BCUT2D eigenvalue weighted by Crippen LogP contribution is 2.40. The lowest BCUT2D eigenvalue weighted by atomic mass is 10.1. The maximum atomic E-state index is 11.0. The minimum atomic E-state index is -4.57. The van der Waals surface area contributed by atoms with E-state index in [2.05, 4.69) is 0 Å². The van der Waals surface area contributed by atoms with Crippen molar-refractivity contribution >= 4 is 7.82 Å². The molecule has 2 aromatic rings. The van der Waals surface area contributed by atoms with Gasteiger partial charge in [0, 0.05) is 6.42 Å². The minimum Gasteiger partial charge on any atom is -0.493 e. The first-order valence-electron chi connectivity index (χ1n) is 6.47. The topological polar surface area (TPSA) is 76.0 Å². The van der Waals surface area contributed by atoms with Gasteiger partial charge in [0.25, 0.3) is 0 Å². The maximum absolute atomic E-state index is 11.0. The summed E-state index contributed by atoms with van der Waals surface area (Å²) >= 11 is 0. The first kappa shape index (κ1) is 15.6. The fourth-order valence-corrected chi connectivity index (χ4v) is 2.45. The number of phosphoric acid groups is 1. The predicted octanol–water partition coefficient (Wildman–Crippen LogP) is 3.09. The number of hydrogen-bond acceptors (Lipinski definition) is 3. The zero-order valence-electron chi connectivity index (χ0n) is 11.6. The minimum absolute atomic E-state index is 0.225. The number of ether oxygens (including phenoxy) is 1. The van der Waals surface area contributed by atoms with Crippen LogP contribution in [0.1, 0.15) is 11.1 Å². The van der Waals surface area contributed by atoms with Crippen LogP contribution in [-0.4, -0.2) is 16.4 Å². The Hall–Kier alpha value is -1.81. The zero-order chi connectivity index (χ0) is 15.3. The van der Waals surface area contributed by atoms with Crippen molar-refractivity contribution in [2.75, 3.05) is 6.61 Å². The van der Waals surface area contributed by atoms with Crippen LogP contribution in [0.3, 0.4) is 0 Å². The van der Waals surface area contributed by atoms with Crippen molar-refractivity contribution in [2.45, 2.75) is 13.3 Å². The van der Waals surface area contributed by atoms with Crippen LogP contribution in [0.2, 0.25) is 0 Å². The van der Waals surface area contributed by atoms with E-state index in [4.69, 9.17) is 19.0 Å². The van der Waals surface area contributed by atoms with E-state index in [9.17, 15) is 4.57 Å². The quantitative estimate of drug-likeness (QED) is 0.802. The molecule has 0 saturated heterocycles. The van der Waals surface area contributed by atoms with Gasteiger partial charge < -0.3 is 9.26 Å². The Balaban J connectivity index is 2.06. The maximum Gasteiger partial charge on any atom is 0.524 e. The first-order chi connectivity index (χ1) is 9.96. The summed E-state index contributed by atoms with van der Waals surface area (Å²) in [5, 5.41) is 0. The van der Waals surface area contributed by atoms with Crippen molar-refractivity contribution < 1.29 is 23.6 Å². The number of para-hydroxylation sites is 2. The SMILES string of the molecule is Cc1cccc(CCOc2ccccc2)c1OP(=O)(O)O. The standard InChI is InChI=1S/C15H17O5P/c1-12-6-5-7-13(15(12)20-21(16,17)18)10-11-19-14-8-3-2-4-9-14/h2-9H,10-11H2,1H3,(H2,16,17,18). The van der Waals surface area contributed by atoms with E-state index in [1.807, 2.05) is 36.4 Å². The van der Waals surface area contributed by atoms with Crippen LogP contribution in [0.5, 0.6) is 11.5 Å². The third-order valence-corrected chi connectivity index (χ3v) is 3.31. The molecule has 21 heavy (non-hydrogen) atoms. The average molecular weight is 308 g/mol. The summed E-state index contributed by atoms with van der Waals surface area (Å²) in [6.45, 7) is 2.14. The molecule has 6 heteroatoms. The van der Waals surface area contributed by atoms with Gasteiger partial charge in [0.15, 0.2) is 0 Å². The summed E-state index contributed by atoms with van der Waals surface area (Å²) in [7, 11) is -4.57. The molecule has 5 nitrogen and oxygen atoms in total. The Labute approximate surface area is 123 Å². The van der Waals surface area contributed by atoms with Gasteiger partial charge in [-0.3, -0.25) is 9.79 Å². The predicted molar refractivity (Wildman–Crippen MR) is 79.5 cm³/mol. The summed E-state index contributed by atoms with van der Waals surface area (Å²) in [5.74, 6) is 0.977. The molecule has 0 radical (unpaired) electrons. The zero-order valence-corrected chi connectivity index (χ0v) is 12.5. The van der Waals surface area contributed by atoms with Crippen LogP contribution < -0.4 is 9.26 Å². The molecular weight excluding hydrogens is 291 g/mol. The highest BCUT2D eigenvalue weighted by atomic mass is 31.2. The number of aryl methyl sites for hydroxylation is 1. The smallest absolute Gasteiger partial charge is 0.493 e. The van der Waals surface area contributed by atoms with Crippen molar-refractivity contribution in [2.24, 2.45) is 0 Å². The molecule has 0 aliphatic heterocycles. The lowest BCUT2D eigenvalue weighted by Crippen LogP contribution is -2.04. The Morgan fingerprint density at radius 2 is 1.76 bits per heavy atom. The van der Waals surface area contributed by atoms with Crippen molar-refractivity contribution in [3.8, 4) is 11.5 Å². The number of hydrogen-bond donors (Lipinski definition) is 2. The summed E-state index contributed by atoms with van der Waals surface area (Å²) in [4.78, 5) is 18.0. The van der Waals surface area contributed by atoms with Gasteiger partial charge in [-0.2, -0.15) is 0 Å². The molecular formula is C15H17O5P.